The van der Waals surface area contributed by atoms with Crippen molar-refractivity contribution in [2.75, 3.05) is 12.0 Å². The Labute approximate surface area is 206 Å². The molecular weight excluding hydrogens is 483 g/mol. The van der Waals surface area contributed by atoms with E-state index in [-0.39, 0.29) is 12.5 Å². The number of nitrogens with zero attached hydrogens (tertiary/aromatic N) is 3. The maximum absolute atomic E-state index is 13.1. The molecule has 2 aromatic carbocycles. The molecule has 0 radical (unpaired) electrons. The van der Waals surface area contributed by atoms with Gasteiger partial charge in [0.15, 0.2) is 5.11 Å². The number of nitrogens with one attached hydrogen (secondary N) is 1. The van der Waals surface area contributed by atoms with Crippen LogP contribution in [-0.2, 0) is 18.4 Å². The summed E-state index contributed by atoms with van der Waals surface area (Å²) in [5, 5.41) is 8.34. The van der Waals surface area contributed by atoms with E-state index in [9.17, 15) is 4.79 Å². The molecule has 1 N–H and O–H groups in total. The van der Waals surface area contributed by atoms with Gasteiger partial charge in [-0.05, 0) is 55.0 Å². The molecule has 0 bridgehead atoms. The summed E-state index contributed by atoms with van der Waals surface area (Å²) < 4.78 is 13.0. The van der Waals surface area contributed by atoms with Crippen molar-refractivity contribution in [3.8, 4) is 11.5 Å². The summed E-state index contributed by atoms with van der Waals surface area (Å²) >= 11 is 17.7. The molecule has 0 unspecified atom stereocenters. The summed E-state index contributed by atoms with van der Waals surface area (Å²) in [6, 6.07) is 10.7. The first-order valence-electron chi connectivity index (χ1n) is 9.89. The molecule has 3 aromatic rings. The predicted molar refractivity (Wildman–Crippen MR) is 133 cm³/mol. The molecule has 0 aliphatic carbocycles. The van der Waals surface area contributed by atoms with Crippen molar-refractivity contribution in [3.63, 3.8) is 0 Å². The molecule has 2 heterocycles. The molecule has 1 amide bonds. The third-order valence-corrected chi connectivity index (χ3v) is 6.11. The van der Waals surface area contributed by atoms with Crippen LogP contribution in [0.5, 0.6) is 11.5 Å². The zero-order chi connectivity index (χ0) is 23.7. The minimum atomic E-state index is -0.254. The zero-order valence-corrected chi connectivity index (χ0v) is 20.4. The topological polar surface area (TPSA) is 68.6 Å². The Morgan fingerprint density at radius 1 is 1.21 bits per heavy atom. The van der Waals surface area contributed by atoms with Crippen LogP contribution in [0.2, 0.25) is 10.0 Å². The van der Waals surface area contributed by atoms with E-state index in [4.69, 9.17) is 44.9 Å². The summed E-state index contributed by atoms with van der Waals surface area (Å²) in [6.45, 7) is 2.02. The van der Waals surface area contributed by atoms with Crippen molar-refractivity contribution in [1.82, 2.24) is 15.1 Å². The third kappa shape index (κ3) is 4.68. The number of thiocarbonyl (C=S) groups is 1. The van der Waals surface area contributed by atoms with Crippen LogP contribution in [0.3, 0.4) is 0 Å². The fourth-order valence-electron chi connectivity index (χ4n) is 3.48. The fourth-order valence-corrected chi connectivity index (χ4v) is 4.12. The molecule has 0 atom stereocenters. The number of ether oxygens (including phenoxy) is 2. The van der Waals surface area contributed by atoms with E-state index in [0.717, 1.165) is 11.1 Å². The van der Waals surface area contributed by atoms with Crippen molar-refractivity contribution < 1.29 is 14.3 Å². The number of anilines is 1. The second-order valence-electron chi connectivity index (χ2n) is 7.31. The summed E-state index contributed by atoms with van der Waals surface area (Å²) in [5.74, 6) is 0.856. The number of aromatic nitrogens is 2. The van der Waals surface area contributed by atoms with Gasteiger partial charge in [-0.25, -0.2) is 4.90 Å². The van der Waals surface area contributed by atoms with Crippen LogP contribution < -0.4 is 19.7 Å². The highest BCUT2D eigenvalue weighted by Crippen LogP contribution is 2.33. The van der Waals surface area contributed by atoms with Gasteiger partial charge in [0.2, 0.25) is 0 Å². The molecule has 170 valence electrons. The molecule has 1 aromatic heterocycles. The van der Waals surface area contributed by atoms with Gasteiger partial charge in [-0.15, -0.1) is 0 Å². The monoisotopic (exact) mass is 502 g/mol. The van der Waals surface area contributed by atoms with Crippen LogP contribution in [0, 0.1) is 6.92 Å². The molecule has 10 heteroatoms. The zero-order valence-electron chi connectivity index (χ0n) is 18.1. The van der Waals surface area contributed by atoms with Crippen molar-refractivity contribution >= 4 is 58.2 Å². The van der Waals surface area contributed by atoms with Gasteiger partial charge in [0, 0.05) is 18.8 Å². The molecule has 7 nitrogen and oxygen atoms in total. The first-order chi connectivity index (χ1) is 15.8. The van der Waals surface area contributed by atoms with Gasteiger partial charge in [0.05, 0.1) is 23.5 Å². The van der Waals surface area contributed by atoms with E-state index >= 15 is 0 Å². The quantitative estimate of drug-likeness (QED) is 0.382. The summed E-state index contributed by atoms with van der Waals surface area (Å²) in [5.41, 5.74) is 3.26. The van der Waals surface area contributed by atoms with E-state index in [0.29, 0.717) is 43.7 Å². The minimum absolute atomic E-state index is 0.195. The fraction of sp³-hybridized carbons (Fsp3) is 0.174. The summed E-state index contributed by atoms with van der Waals surface area (Å²) in [6.07, 6.45) is 3.49. The van der Waals surface area contributed by atoms with E-state index in [2.05, 4.69) is 10.4 Å². The standard InChI is InChI=1S/C23H20Cl2N4O3S/c1-13-18(11-28(2)27-13)29-22(30)17(26-23(29)33)10-14-7-8-19(31-3)15(9-14)12-32-20-6-4-5-16(24)21(20)25/h4-11H,12H2,1-3H3,(H,26,33)/b17-10+. The number of halogens is 2. The van der Waals surface area contributed by atoms with Crippen LogP contribution >= 0.6 is 35.4 Å². The molecule has 1 aliphatic heterocycles. The molecule has 1 fully saturated rings. The lowest BCUT2D eigenvalue weighted by molar-refractivity contribution is -0.113. The molecule has 1 aliphatic rings. The van der Waals surface area contributed by atoms with Gasteiger partial charge >= 0.3 is 0 Å². The van der Waals surface area contributed by atoms with Gasteiger partial charge in [0.25, 0.3) is 5.91 Å². The third-order valence-electron chi connectivity index (χ3n) is 5.02. The second kappa shape index (κ2) is 9.43. The Morgan fingerprint density at radius 2 is 2.00 bits per heavy atom. The molecule has 1 saturated heterocycles. The summed E-state index contributed by atoms with van der Waals surface area (Å²) in [7, 11) is 3.37. The lowest BCUT2D eigenvalue weighted by Gasteiger charge is -2.13. The number of methoxy groups -OCH3 is 1. The molecule has 4 rings (SSSR count). The Hall–Kier alpha value is -3.07. The number of carbonyl (C=O) groups excluding carboxylic acids is 1. The van der Waals surface area contributed by atoms with Crippen LogP contribution in [0.1, 0.15) is 16.8 Å². The Bertz CT molecular complexity index is 1290. The number of benzene rings is 2. The van der Waals surface area contributed by atoms with Gasteiger partial charge in [0.1, 0.15) is 28.8 Å². The highest BCUT2D eigenvalue weighted by molar-refractivity contribution is 7.80. The van der Waals surface area contributed by atoms with Gasteiger partial charge in [-0.1, -0.05) is 35.3 Å². The Morgan fingerprint density at radius 3 is 2.70 bits per heavy atom. The first-order valence-corrected chi connectivity index (χ1v) is 11.1. The SMILES string of the molecule is COc1ccc(/C=C2/NC(=S)N(c3cn(C)nc3C)C2=O)cc1COc1cccc(Cl)c1Cl. The number of hydrogen-bond donors (Lipinski definition) is 1. The molecule has 0 spiro atoms. The summed E-state index contributed by atoms with van der Waals surface area (Å²) in [4.78, 5) is 14.5. The van der Waals surface area contributed by atoms with E-state index in [1.165, 1.54) is 4.90 Å². The first kappa shape index (κ1) is 23.1. The number of hydrogen-bond acceptors (Lipinski definition) is 5. The maximum atomic E-state index is 13.1. The van der Waals surface area contributed by atoms with Crippen LogP contribution in [-0.4, -0.2) is 27.9 Å². The predicted octanol–water partition coefficient (Wildman–Crippen LogP) is 4.89. The number of amides is 1. The number of aryl methyl sites for hydroxylation is 2. The smallest absolute Gasteiger partial charge is 0.281 e. The van der Waals surface area contributed by atoms with E-state index in [1.54, 1.807) is 49.3 Å². The van der Waals surface area contributed by atoms with E-state index in [1.807, 2.05) is 25.1 Å². The highest BCUT2D eigenvalue weighted by atomic mass is 35.5. The normalized spacial score (nSPS) is 14.7. The van der Waals surface area contributed by atoms with E-state index < -0.39 is 0 Å². The lowest BCUT2D eigenvalue weighted by atomic mass is 10.1. The van der Waals surface area contributed by atoms with Gasteiger partial charge in [-0.3, -0.25) is 9.48 Å². The van der Waals surface area contributed by atoms with Crippen molar-refractivity contribution in [2.45, 2.75) is 13.5 Å². The van der Waals surface area contributed by atoms with Gasteiger partial charge in [-0.2, -0.15) is 5.10 Å². The Balaban J connectivity index is 1.59. The van der Waals surface area contributed by atoms with Crippen LogP contribution in [0.4, 0.5) is 5.69 Å². The molecule has 33 heavy (non-hydrogen) atoms. The van der Waals surface area contributed by atoms with Crippen molar-refractivity contribution in [2.24, 2.45) is 7.05 Å². The second-order valence-corrected chi connectivity index (χ2v) is 8.49. The van der Waals surface area contributed by atoms with Crippen molar-refractivity contribution in [3.05, 3.63) is 75.2 Å². The Kier molecular flexibility index (Phi) is 6.60. The maximum Gasteiger partial charge on any atom is 0.281 e. The van der Waals surface area contributed by atoms with Crippen LogP contribution in [0.15, 0.2) is 48.3 Å². The average molecular weight is 503 g/mol. The number of rotatable bonds is 6. The van der Waals surface area contributed by atoms with Crippen LogP contribution in [0.25, 0.3) is 6.08 Å². The largest absolute Gasteiger partial charge is 0.496 e. The highest BCUT2D eigenvalue weighted by Gasteiger charge is 2.33. The lowest BCUT2D eigenvalue weighted by Crippen LogP contribution is -2.30. The van der Waals surface area contributed by atoms with Crippen molar-refractivity contribution in [1.29, 1.82) is 0 Å². The average Bonchev–Trinajstić information content (AvgIpc) is 3.25. The van der Waals surface area contributed by atoms with Gasteiger partial charge < -0.3 is 14.8 Å². The number of carbonyl (C=O) groups is 1. The molecule has 0 saturated carbocycles. The molecular formula is C23H20Cl2N4O3S. The minimum Gasteiger partial charge on any atom is -0.496 e.